The van der Waals surface area contributed by atoms with Gasteiger partial charge < -0.3 is 14.4 Å². The number of nitrogens with zero attached hydrogens (tertiary/aromatic N) is 4. The van der Waals surface area contributed by atoms with Crippen molar-refractivity contribution < 1.29 is 18.9 Å². The normalized spacial score (nSPS) is 12.1. The predicted molar refractivity (Wildman–Crippen MR) is 128 cm³/mol. The summed E-state index contributed by atoms with van der Waals surface area (Å²) in [5, 5.41) is 0.474. The minimum Gasteiger partial charge on any atom is -0.327 e. The van der Waals surface area contributed by atoms with Crippen LogP contribution in [-0.4, -0.2) is 35.9 Å². The number of hydrogen-bond donors (Lipinski definition) is 2. The largest absolute Gasteiger partial charge is 0.469 e. The first-order valence-corrected chi connectivity index (χ1v) is 13.9. The number of aryl methyl sites for hydroxylation is 1. The summed E-state index contributed by atoms with van der Waals surface area (Å²) in [6.45, 7) is 1.00. The molecule has 8 nitrogen and oxygen atoms in total. The van der Waals surface area contributed by atoms with Crippen LogP contribution in [0.5, 0.6) is 0 Å². The number of rotatable bonds is 18. The Morgan fingerprint density at radius 2 is 1.31 bits per heavy atom. The highest BCUT2D eigenvalue weighted by atomic mass is 35.5. The van der Waals surface area contributed by atoms with Crippen molar-refractivity contribution in [3.63, 3.8) is 0 Å². The van der Waals surface area contributed by atoms with Crippen molar-refractivity contribution in [1.82, 2.24) is 19.5 Å². The van der Waals surface area contributed by atoms with Gasteiger partial charge in [-0.05, 0) is 24.4 Å². The number of fused-ring (bicyclic) bond motifs is 1. The maximum Gasteiger partial charge on any atom is 0.469 e. The van der Waals surface area contributed by atoms with Crippen molar-refractivity contribution in [1.29, 1.82) is 0 Å². The minimum absolute atomic E-state index is 0.122. The molecule has 2 N–H and O–H groups in total. The van der Waals surface area contributed by atoms with Crippen LogP contribution in [0.2, 0.25) is 10.4 Å². The van der Waals surface area contributed by atoms with Gasteiger partial charge >= 0.3 is 7.82 Å². The fourth-order valence-electron chi connectivity index (χ4n) is 3.77. The van der Waals surface area contributed by atoms with E-state index in [1.54, 1.807) is 6.33 Å². The number of hydrogen-bond acceptors (Lipinski definition) is 5. The number of halogens is 2. The highest BCUT2D eigenvalue weighted by Gasteiger charge is 2.12. The first-order chi connectivity index (χ1) is 15.4. The molecular weight excluding hydrogens is 474 g/mol. The molecule has 2 aromatic rings. The van der Waals surface area contributed by atoms with Gasteiger partial charge in [-0.25, -0.2) is 14.5 Å². The molecule has 0 amide bonds. The quantitative estimate of drug-likeness (QED) is 0.0995. The topological polar surface area (TPSA) is 110 Å². The Balaban J connectivity index is 1.36. The van der Waals surface area contributed by atoms with Gasteiger partial charge in [0.05, 0.1) is 12.9 Å². The zero-order valence-electron chi connectivity index (χ0n) is 18.6. The van der Waals surface area contributed by atoms with Gasteiger partial charge in [0.1, 0.15) is 5.52 Å². The number of phosphoric acid groups is 1. The summed E-state index contributed by atoms with van der Waals surface area (Å²) in [5.74, 6) is 0. The number of imidazole rings is 1. The molecule has 2 aromatic heterocycles. The van der Waals surface area contributed by atoms with Crippen LogP contribution in [0.1, 0.15) is 89.9 Å². The lowest BCUT2D eigenvalue weighted by Crippen LogP contribution is -1.98. The molecule has 0 saturated heterocycles. The van der Waals surface area contributed by atoms with Gasteiger partial charge in [0.15, 0.2) is 10.8 Å². The van der Waals surface area contributed by atoms with Gasteiger partial charge in [-0.3, -0.25) is 4.52 Å². The first-order valence-electron chi connectivity index (χ1n) is 11.6. The molecule has 182 valence electrons. The molecule has 0 unspecified atom stereocenters. The summed E-state index contributed by atoms with van der Waals surface area (Å²) in [5.41, 5.74) is 1.30. The van der Waals surface area contributed by atoms with Crippen LogP contribution in [0.4, 0.5) is 0 Å². The number of aromatic nitrogens is 4. The van der Waals surface area contributed by atoms with Crippen molar-refractivity contribution >= 4 is 42.2 Å². The Hall–Kier alpha value is -0.760. The lowest BCUT2D eigenvalue weighted by molar-refractivity contribution is 0.193. The summed E-state index contributed by atoms with van der Waals surface area (Å²) in [6.07, 6.45) is 18.2. The van der Waals surface area contributed by atoms with Gasteiger partial charge in [0.25, 0.3) is 0 Å². The van der Waals surface area contributed by atoms with Gasteiger partial charge in [-0.2, -0.15) is 4.98 Å². The van der Waals surface area contributed by atoms with Crippen molar-refractivity contribution in [3.05, 3.63) is 16.8 Å². The molecule has 32 heavy (non-hydrogen) atoms. The third-order valence-corrected chi connectivity index (χ3v) is 6.41. The Morgan fingerprint density at radius 1 is 0.812 bits per heavy atom. The van der Waals surface area contributed by atoms with Gasteiger partial charge in [0, 0.05) is 6.54 Å². The van der Waals surface area contributed by atoms with E-state index in [-0.39, 0.29) is 11.9 Å². The average Bonchev–Trinajstić information content (AvgIpc) is 3.12. The molecule has 0 aromatic carbocycles. The fraction of sp³-hybridized carbons (Fsp3) is 0.762. The van der Waals surface area contributed by atoms with E-state index < -0.39 is 7.82 Å². The average molecular weight is 509 g/mol. The Morgan fingerprint density at radius 3 is 1.84 bits per heavy atom. The van der Waals surface area contributed by atoms with Crippen LogP contribution in [0.25, 0.3) is 11.2 Å². The highest BCUT2D eigenvalue weighted by molar-refractivity contribution is 7.46. The molecule has 0 bridgehead atoms. The number of unbranched alkanes of at least 4 members (excludes halogenated alkanes) is 13. The summed E-state index contributed by atoms with van der Waals surface area (Å²) in [6, 6.07) is 0. The monoisotopic (exact) mass is 508 g/mol. The van der Waals surface area contributed by atoms with Crippen molar-refractivity contribution in [2.75, 3.05) is 6.61 Å². The molecule has 11 heteroatoms. The Labute approximate surface area is 200 Å². The second-order valence-corrected chi connectivity index (χ2v) is 10.1. The van der Waals surface area contributed by atoms with E-state index in [4.69, 9.17) is 33.0 Å². The van der Waals surface area contributed by atoms with Crippen LogP contribution in [0.3, 0.4) is 0 Å². The van der Waals surface area contributed by atoms with Crippen LogP contribution >= 0.6 is 31.0 Å². The molecule has 0 saturated carbocycles. The third kappa shape index (κ3) is 11.4. The van der Waals surface area contributed by atoms with Crippen molar-refractivity contribution in [2.45, 2.75) is 96.4 Å². The molecule has 0 aliphatic heterocycles. The molecule has 0 aliphatic rings. The molecular formula is C21H35Cl2N4O4P. The summed E-state index contributed by atoms with van der Waals surface area (Å²) in [4.78, 5) is 29.5. The van der Waals surface area contributed by atoms with E-state index in [2.05, 4.69) is 19.5 Å². The Kier molecular flexibility index (Phi) is 13.1. The van der Waals surface area contributed by atoms with Crippen LogP contribution in [-0.2, 0) is 15.6 Å². The van der Waals surface area contributed by atoms with Gasteiger partial charge in [0.2, 0.25) is 5.28 Å². The van der Waals surface area contributed by atoms with Crippen molar-refractivity contribution in [2.24, 2.45) is 0 Å². The standard InChI is InChI=1S/C21H35Cl2N4O4P/c22-19-18-20(26-21(23)25-19)24-17-27(18)15-13-11-9-7-5-3-1-2-4-6-8-10-12-14-16-31-32(28,29)30/h17H,1-16H2,(H2,28,29,30). The molecule has 2 rings (SSSR count). The molecule has 0 fully saturated rings. The van der Waals surface area contributed by atoms with Gasteiger partial charge in [-0.15, -0.1) is 0 Å². The van der Waals surface area contributed by atoms with E-state index >= 15 is 0 Å². The maximum absolute atomic E-state index is 10.5. The van der Waals surface area contributed by atoms with Gasteiger partial charge in [-0.1, -0.05) is 88.7 Å². The fourth-order valence-corrected chi connectivity index (χ4v) is 4.62. The van der Waals surface area contributed by atoms with E-state index in [1.807, 2.05) is 4.57 Å². The zero-order valence-corrected chi connectivity index (χ0v) is 21.0. The van der Waals surface area contributed by atoms with Crippen LogP contribution in [0.15, 0.2) is 6.33 Å². The molecule has 0 radical (unpaired) electrons. The molecule has 0 aliphatic carbocycles. The zero-order chi connectivity index (χ0) is 23.2. The van der Waals surface area contributed by atoms with E-state index in [9.17, 15) is 4.57 Å². The molecule has 0 spiro atoms. The maximum atomic E-state index is 10.5. The van der Waals surface area contributed by atoms with Crippen LogP contribution < -0.4 is 0 Å². The summed E-state index contributed by atoms with van der Waals surface area (Å²) < 4.78 is 17.0. The summed E-state index contributed by atoms with van der Waals surface area (Å²) >= 11 is 12.0. The second-order valence-electron chi connectivity index (χ2n) is 8.17. The SMILES string of the molecule is O=P(O)(O)OCCCCCCCCCCCCCCCCn1cnc2nc(Cl)nc(Cl)c21. The van der Waals surface area contributed by atoms with Crippen molar-refractivity contribution in [3.8, 4) is 0 Å². The van der Waals surface area contributed by atoms with E-state index in [0.717, 1.165) is 31.3 Å². The minimum atomic E-state index is -4.29. The lowest BCUT2D eigenvalue weighted by Gasteiger charge is -2.06. The molecule has 2 heterocycles. The van der Waals surface area contributed by atoms with Crippen LogP contribution in [0, 0.1) is 0 Å². The second kappa shape index (κ2) is 15.2. The Bertz CT molecular complexity index is 847. The number of phosphoric ester groups is 1. The smallest absolute Gasteiger partial charge is 0.327 e. The van der Waals surface area contributed by atoms with E-state index in [1.165, 1.54) is 64.2 Å². The lowest BCUT2D eigenvalue weighted by atomic mass is 10.0. The summed E-state index contributed by atoms with van der Waals surface area (Å²) in [7, 11) is -4.29. The van der Waals surface area contributed by atoms with E-state index in [0.29, 0.717) is 17.2 Å². The highest BCUT2D eigenvalue weighted by Crippen LogP contribution is 2.35. The molecule has 0 atom stereocenters. The first kappa shape index (κ1) is 27.5. The predicted octanol–water partition coefficient (Wildman–Crippen LogP) is 6.70. The third-order valence-electron chi connectivity index (χ3n) is 5.46.